The van der Waals surface area contributed by atoms with Crippen LogP contribution in [0.1, 0.15) is 57.9 Å². The zero-order chi connectivity index (χ0) is 19.4. The molecular weight excluding hydrogens is 346 g/mol. The first-order valence-corrected chi connectivity index (χ1v) is 10.7. The molecule has 2 unspecified atom stereocenters. The third-order valence-corrected chi connectivity index (χ3v) is 7.49. The molecule has 3 nitrogen and oxygen atoms in total. The van der Waals surface area contributed by atoms with Gasteiger partial charge in [0.2, 0.25) is 5.91 Å². The Hall–Kier alpha value is -2.29. The lowest BCUT2D eigenvalue weighted by Crippen LogP contribution is -2.50. The average Bonchev–Trinajstić information content (AvgIpc) is 3.44. The van der Waals surface area contributed by atoms with Crippen LogP contribution in [0.2, 0.25) is 0 Å². The Kier molecular flexibility index (Phi) is 4.04. The molecule has 2 heterocycles. The topological polar surface area (TPSA) is 29.5 Å². The molecule has 1 amide bonds. The maximum absolute atomic E-state index is 13.6. The number of fused-ring (bicyclic) bond motifs is 1. The normalized spacial score (nSPS) is 30.8. The van der Waals surface area contributed by atoms with Crippen molar-refractivity contribution in [3.8, 4) is 11.5 Å². The van der Waals surface area contributed by atoms with Gasteiger partial charge in [-0.3, -0.25) is 4.79 Å². The van der Waals surface area contributed by atoms with E-state index in [-0.39, 0.29) is 11.0 Å². The summed E-state index contributed by atoms with van der Waals surface area (Å²) in [5, 5.41) is 0. The van der Waals surface area contributed by atoms with Gasteiger partial charge in [0.05, 0.1) is 5.54 Å². The number of carbonyl (C=O) groups excluding carboxylic acids is 1. The fraction of sp³-hybridized carbons (Fsp3) is 0.480. The largest absolute Gasteiger partial charge is 0.457 e. The lowest BCUT2D eigenvalue weighted by molar-refractivity contribution is -0.143. The summed E-state index contributed by atoms with van der Waals surface area (Å²) in [5.41, 5.74) is 0.903. The van der Waals surface area contributed by atoms with Crippen molar-refractivity contribution >= 4 is 5.91 Å². The van der Waals surface area contributed by atoms with E-state index in [0.29, 0.717) is 17.9 Å². The molecule has 3 fully saturated rings. The van der Waals surface area contributed by atoms with Crippen LogP contribution in [0, 0.1) is 11.3 Å². The first kappa shape index (κ1) is 17.8. The highest BCUT2D eigenvalue weighted by molar-refractivity contribution is 5.87. The monoisotopic (exact) mass is 375 g/mol. The fourth-order valence-corrected chi connectivity index (χ4v) is 5.43. The molecule has 2 aromatic carbocycles. The molecule has 28 heavy (non-hydrogen) atoms. The number of benzene rings is 2. The molecule has 0 radical (unpaired) electrons. The van der Waals surface area contributed by atoms with Crippen molar-refractivity contribution in [3.05, 3.63) is 60.2 Å². The van der Waals surface area contributed by atoms with Gasteiger partial charge in [-0.1, -0.05) is 37.3 Å². The summed E-state index contributed by atoms with van der Waals surface area (Å²) in [6, 6.07) is 18.6. The second-order valence-corrected chi connectivity index (χ2v) is 9.29. The number of hydrogen-bond acceptors (Lipinski definition) is 2. The van der Waals surface area contributed by atoms with Crippen molar-refractivity contribution in [2.75, 3.05) is 0 Å². The standard InChI is InChI=1S/C25H29NO2/c1-18-11-14-25(15-16-25)23(27)26-22(18)12-13-24(26,2)19-7-6-10-21(17-19)28-20-8-4-3-5-9-20/h3-10,17-18,22H,11-16H2,1-2H3/t18?,22-,24?/m1/s1. The minimum Gasteiger partial charge on any atom is -0.457 e. The average molecular weight is 376 g/mol. The summed E-state index contributed by atoms with van der Waals surface area (Å²) >= 11 is 0. The number of nitrogens with zero attached hydrogens (tertiary/aromatic N) is 1. The van der Waals surface area contributed by atoms with Crippen LogP contribution in [-0.2, 0) is 10.3 Å². The Bertz CT molecular complexity index is 888. The summed E-state index contributed by atoms with van der Waals surface area (Å²) in [5.74, 6) is 2.67. The summed E-state index contributed by atoms with van der Waals surface area (Å²) in [6.07, 6.45) is 6.54. The van der Waals surface area contributed by atoms with Crippen LogP contribution < -0.4 is 4.74 Å². The van der Waals surface area contributed by atoms with Gasteiger partial charge in [-0.2, -0.15) is 0 Å². The molecule has 0 aromatic heterocycles. The van der Waals surface area contributed by atoms with Crippen LogP contribution in [0.25, 0.3) is 0 Å². The Morgan fingerprint density at radius 2 is 1.68 bits per heavy atom. The van der Waals surface area contributed by atoms with Crippen molar-refractivity contribution in [2.24, 2.45) is 11.3 Å². The Morgan fingerprint density at radius 3 is 2.43 bits per heavy atom. The number of amides is 1. The molecule has 1 saturated carbocycles. The maximum atomic E-state index is 13.6. The van der Waals surface area contributed by atoms with Crippen LogP contribution in [0.15, 0.2) is 54.6 Å². The highest BCUT2D eigenvalue weighted by Crippen LogP contribution is 2.58. The van der Waals surface area contributed by atoms with Crippen LogP contribution in [0.5, 0.6) is 11.5 Å². The highest BCUT2D eigenvalue weighted by Gasteiger charge is 2.60. The van der Waals surface area contributed by atoms with E-state index in [9.17, 15) is 4.79 Å². The Labute approximate surface area is 167 Å². The quantitative estimate of drug-likeness (QED) is 0.669. The van der Waals surface area contributed by atoms with E-state index >= 15 is 0 Å². The van der Waals surface area contributed by atoms with E-state index in [1.807, 2.05) is 36.4 Å². The van der Waals surface area contributed by atoms with Crippen LogP contribution in [0.3, 0.4) is 0 Å². The summed E-state index contributed by atoms with van der Waals surface area (Å²) < 4.78 is 6.08. The molecule has 0 N–H and O–H groups in total. The van der Waals surface area contributed by atoms with Gasteiger partial charge in [-0.15, -0.1) is 0 Å². The van der Waals surface area contributed by atoms with Gasteiger partial charge in [-0.05, 0) is 81.2 Å². The highest BCUT2D eigenvalue weighted by atomic mass is 16.5. The number of hydrogen-bond donors (Lipinski definition) is 0. The van der Waals surface area contributed by atoms with Crippen molar-refractivity contribution < 1.29 is 9.53 Å². The van der Waals surface area contributed by atoms with Gasteiger partial charge in [-0.25, -0.2) is 0 Å². The van der Waals surface area contributed by atoms with Gasteiger partial charge in [0.15, 0.2) is 0 Å². The number of carbonyl (C=O) groups is 1. The van der Waals surface area contributed by atoms with Crippen molar-refractivity contribution in [2.45, 2.75) is 64.0 Å². The maximum Gasteiger partial charge on any atom is 0.229 e. The van der Waals surface area contributed by atoms with E-state index in [2.05, 4.69) is 36.9 Å². The first-order chi connectivity index (χ1) is 13.5. The summed E-state index contributed by atoms with van der Waals surface area (Å²) in [6.45, 7) is 4.60. The van der Waals surface area contributed by atoms with E-state index < -0.39 is 0 Å². The molecule has 2 saturated heterocycles. The van der Waals surface area contributed by atoms with Crippen LogP contribution in [-0.4, -0.2) is 16.8 Å². The molecule has 3 atom stereocenters. The smallest absolute Gasteiger partial charge is 0.229 e. The van der Waals surface area contributed by atoms with Gasteiger partial charge in [0.1, 0.15) is 11.5 Å². The third kappa shape index (κ3) is 2.75. The molecule has 0 bridgehead atoms. The van der Waals surface area contributed by atoms with E-state index in [0.717, 1.165) is 43.6 Å². The fourth-order valence-electron chi connectivity index (χ4n) is 5.43. The van der Waals surface area contributed by atoms with Gasteiger partial charge in [0.25, 0.3) is 0 Å². The predicted molar refractivity (Wildman–Crippen MR) is 110 cm³/mol. The second kappa shape index (κ2) is 6.37. The lowest BCUT2D eigenvalue weighted by atomic mass is 9.87. The van der Waals surface area contributed by atoms with Crippen LogP contribution in [0.4, 0.5) is 0 Å². The van der Waals surface area contributed by atoms with E-state index in [1.165, 1.54) is 12.0 Å². The minimum atomic E-state index is -0.244. The zero-order valence-corrected chi connectivity index (χ0v) is 16.9. The second-order valence-electron chi connectivity index (χ2n) is 9.29. The third-order valence-electron chi connectivity index (χ3n) is 7.49. The van der Waals surface area contributed by atoms with Gasteiger partial charge < -0.3 is 9.64 Å². The number of para-hydroxylation sites is 1. The molecule has 2 aliphatic heterocycles. The van der Waals surface area contributed by atoms with Gasteiger partial charge >= 0.3 is 0 Å². The molecule has 1 aliphatic carbocycles. The zero-order valence-electron chi connectivity index (χ0n) is 16.9. The first-order valence-electron chi connectivity index (χ1n) is 10.7. The number of rotatable bonds is 3. The van der Waals surface area contributed by atoms with Crippen molar-refractivity contribution in [1.82, 2.24) is 4.90 Å². The van der Waals surface area contributed by atoms with Crippen molar-refractivity contribution in [1.29, 1.82) is 0 Å². The lowest BCUT2D eigenvalue weighted by Gasteiger charge is -2.41. The molecule has 146 valence electrons. The molecular formula is C25H29NO2. The molecule has 3 heteroatoms. The summed E-state index contributed by atoms with van der Waals surface area (Å²) in [4.78, 5) is 15.9. The van der Waals surface area contributed by atoms with Gasteiger partial charge in [0, 0.05) is 11.5 Å². The predicted octanol–water partition coefficient (Wildman–Crippen LogP) is 5.90. The van der Waals surface area contributed by atoms with E-state index in [1.54, 1.807) is 0 Å². The Balaban J connectivity index is 1.50. The van der Waals surface area contributed by atoms with Crippen molar-refractivity contribution in [3.63, 3.8) is 0 Å². The minimum absolute atomic E-state index is 0.0489. The summed E-state index contributed by atoms with van der Waals surface area (Å²) in [7, 11) is 0. The van der Waals surface area contributed by atoms with E-state index in [4.69, 9.17) is 4.74 Å². The molecule has 2 aromatic rings. The molecule has 1 spiro atoms. The Morgan fingerprint density at radius 1 is 0.929 bits per heavy atom. The molecule has 3 aliphatic rings. The molecule has 5 rings (SSSR count). The van der Waals surface area contributed by atoms with Crippen LogP contribution >= 0.6 is 0 Å². The number of ether oxygens (including phenoxy) is 1. The SMILES string of the molecule is CC1CCC2(CC2)C(=O)N2[C@@H]1CCC2(C)c1cccc(Oc2ccccc2)c1.